The van der Waals surface area contributed by atoms with Gasteiger partial charge in [-0.15, -0.1) is 6.58 Å². The molecule has 3 heteroatoms. The van der Waals surface area contributed by atoms with Gasteiger partial charge in [0.05, 0.1) is 11.0 Å². The van der Waals surface area contributed by atoms with E-state index in [2.05, 4.69) is 17.2 Å². The first-order valence-corrected chi connectivity index (χ1v) is 6.08. The van der Waals surface area contributed by atoms with Crippen molar-refractivity contribution in [3.63, 3.8) is 0 Å². The van der Waals surface area contributed by atoms with Gasteiger partial charge in [0.1, 0.15) is 11.9 Å². The second kappa shape index (κ2) is 4.34. The zero-order valence-corrected chi connectivity index (χ0v) is 9.80. The molecular formula is C14H16N2O. The van der Waals surface area contributed by atoms with Crippen LogP contribution in [0.2, 0.25) is 0 Å². The van der Waals surface area contributed by atoms with Gasteiger partial charge in [-0.1, -0.05) is 18.2 Å². The third kappa shape index (κ3) is 1.76. The van der Waals surface area contributed by atoms with Crippen molar-refractivity contribution in [1.82, 2.24) is 9.55 Å². The van der Waals surface area contributed by atoms with E-state index in [9.17, 15) is 0 Å². The highest BCUT2D eigenvalue weighted by Gasteiger charge is 2.23. The minimum atomic E-state index is 0.155. The molecule has 0 radical (unpaired) electrons. The van der Waals surface area contributed by atoms with Crippen molar-refractivity contribution in [3.8, 4) is 0 Å². The van der Waals surface area contributed by atoms with Crippen molar-refractivity contribution >= 4 is 11.0 Å². The van der Waals surface area contributed by atoms with E-state index in [4.69, 9.17) is 9.72 Å². The van der Waals surface area contributed by atoms with E-state index in [0.29, 0.717) is 0 Å². The normalized spacial score (nSPS) is 19.9. The average Bonchev–Trinajstić information content (AvgIpc) is 2.97. The lowest BCUT2D eigenvalue weighted by Gasteiger charge is -2.11. The smallest absolute Gasteiger partial charge is 0.139 e. The van der Waals surface area contributed by atoms with Crippen LogP contribution in [-0.4, -0.2) is 16.2 Å². The quantitative estimate of drug-likeness (QED) is 0.755. The van der Waals surface area contributed by atoms with E-state index in [1.807, 2.05) is 24.3 Å². The van der Waals surface area contributed by atoms with Crippen LogP contribution in [0.4, 0.5) is 0 Å². The lowest BCUT2D eigenvalue weighted by atomic mass is 10.2. The van der Waals surface area contributed by atoms with Gasteiger partial charge in [0, 0.05) is 13.2 Å². The Morgan fingerprint density at radius 2 is 2.35 bits per heavy atom. The van der Waals surface area contributed by atoms with Gasteiger partial charge in [0.2, 0.25) is 0 Å². The largest absolute Gasteiger partial charge is 0.370 e. The van der Waals surface area contributed by atoms with Crippen molar-refractivity contribution in [2.45, 2.75) is 25.5 Å². The summed E-state index contributed by atoms with van der Waals surface area (Å²) >= 11 is 0. The van der Waals surface area contributed by atoms with E-state index < -0.39 is 0 Å². The molecule has 1 aromatic carbocycles. The summed E-state index contributed by atoms with van der Waals surface area (Å²) in [6.45, 7) is 5.46. The summed E-state index contributed by atoms with van der Waals surface area (Å²) in [6.07, 6.45) is 4.26. The SMILES string of the molecule is C=CCn1c(C2CCCO2)nc2ccccc21. The van der Waals surface area contributed by atoms with Crippen LogP contribution in [0.3, 0.4) is 0 Å². The lowest BCUT2D eigenvalue weighted by molar-refractivity contribution is 0.103. The van der Waals surface area contributed by atoms with Crippen LogP contribution in [0.5, 0.6) is 0 Å². The number of aromatic nitrogens is 2. The highest BCUT2D eigenvalue weighted by molar-refractivity contribution is 5.76. The molecule has 0 aliphatic carbocycles. The van der Waals surface area contributed by atoms with Crippen LogP contribution in [0.15, 0.2) is 36.9 Å². The fraction of sp³-hybridized carbons (Fsp3) is 0.357. The van der Waals surface area contributed by atoms with Gasteiger partial charge in [-0.3, -0.25) is 0 Å². The highest BCUT2D eigenvalue weighted by Crippen LogP contribution is 2.30. The Labute approximate surface area is 101 Å². The number of imidazole rings is 1. The first-order chi connectivity index (χ1) is 8.40. The molecule has 1 aromatic heterocycles. The topological polar surface area (TPSA) is 27.1 Å². The van der Waals surface area contributed by atoms with Crippen molar-refractivity contribution in [1.29, 1.82) is 0 Å². The monoisotopic (exact) mass is 228 g/mol. The number of nitrogens with zero attached hydrogens (tertiary/aromatic N) is 2. The third-order valence-corrected chi connectivity index (χ3v) is 3.21. The average molecular weight is 228 g/mol. The van der Waals surface area contributed by atoms with Gasteiger partial charge in [-0.25, -0.2) is 4.98 Å². The molecule has 0 bridgehead atoms. The first-order valence-electron chi connectivity index (χ1n) is 6.08. The van der Waals surface area contributed by atoms with Crippen LogP contribution in [0.25, 0.3) is 11.0 Å². The van der Waals surface area contributed by atoms with Gasteiger partial charge >= 0.3 is 0 Å². The molecule has 1 saturated heterocycles. The molecule has 1 atom stereocenters. The molecule has 2 heterocycles. The van der Waals surface area contributed by atoms with Crippen molar-refractivity contribution in [2.75, 3.05) is 6.61 Å². The maximum Gasteiger partial charge on any atom is 0.139 e. The maximum absolute atomic E-state index is 5.74. The van der Waals surface area contributed by atoms with E-state index in [-0.39, 0.29) is 6.10 Å². The van der Waals surface area contributed by atoms with Crippen LogP contribution in [0.1, 0.15) is 24.8 Å². The van der Waals surface area contributed by atoms with Crippen LogP contribution in [-0.2, 0) is 11.3 Å². The zero-order valence-electron chi connectivity index (χ0n) is 9.80. The summed E-state index contributed by atoms with van der Waals surface area (Å²) in [5.41, 5.74) is 2.21. The number of allylic oxidation sites excluding steroid dienone is 1. The Hall–Kier alpha value is -1.61. The Morgan fingerprint density at radius 1 is 1.47 bits per heavy atom. The molecule has 88 valence electrons. The summed E-state index contributed by atoms with van der Waals surface area (Å²) in [5, 5.41) is 0. The van der Waals surface area contributed by atoms with Gasteiger partial charge in [0.25, 0.3) is 0 Å². The molecule has 2 aromatic rings. The van der Waals surface area contributed by atoms with Gasteiger partial charge in [-0.05, 0) is 25.0 Å². The molecule has 3 rings (SSSR count). The van der Waals surface area contributed by atoms with Gasteiger partial charge in [-0.2, -0.15) is 0 Å². The van der Waals surface area contributed by atoms with Crippen molar-refractivity contribution in [3.05, 3.63) is 42.7 Å². The van der Waals surface area contributed by atoms with E-state index >= 15 is 0 Å². The van der Waals surface area contributed by atoms with Crippen molar-refractivity contribution in [2.24, 2.45) is 0 Å². The van der Waals surface area contributed by atoms with Crippen LogP contribution >= 0.6 is 0 Å². The minimum Gasteiger partial charge on any atom is -0.370 e. The molecule has 1 aliphatic heterocycles. The Morgan fingerprint density at radius 3 is 3.12 bits per heavy atom. The number of ether oxygens (including phenoxy) is 1. The molecule has 0 N–H and O–H groups in total. The zero-order chi connectivity index (χ0) is 11.7. The summed E-state index contributed by atoms with van der Waals surface area (Å²) in [5.74, 6) is 1.05. The number of para-hydroxylation sites is 2. The molecule has 1 unspecified atom stereocenters. The number of benzene rings is 1. The number of rotatable bonds is 3. The standard InChI is InChI=1S/C14H16N2O/c1-2-9-16-12-7-4-3-6-11(12)15-14(16)13-8-5-10-17-13/h2-4,6-7,13H,1,5,8-10H2. The van der Waals surface area contributed by atoms with E-state index in [0.717, 1.165) is 42.9 Å². The lowest BCUT2D eigenvalue weighted by Crippen LogP contribution is -2.07. The highest BCUT2D eigenvalue weighted by atomic mass is 16.5. The molecule has 1 aliphatic rings. The second-order valence-electron chi connectivity index (χ2n) is 4.36. The summed E-state index contributed by atoms with van der Waals surface area (Å²) in [7, 11) is 0. The second-order valence-corrected chi connectivity index (χ2v) is 4.36. The van der Waals surface area contributed by atoms with E-state index in [1.54, 1.807) is 0 Å². The third-order valence-electron chi connectivity index (χ3n) is 3.21. The van der Waals surface area contributed by atoms with Crippen LogP contribution in [0, 0.1) is 0 Å². The Kier molecular flexibility index (Phi) is 2.69. The van der Waals surface area contributed by atoms with Crippen molar-refractivity contribution < 1.29 is 4.74 Å². The Bertz CT molecular complexity index is 538. The minimum absolute atomic E-state index is 0.155. The van der Waals surface area contributed by atoms with Gasteiger partial charge < -0.3 is 9.30 Å². The predicted octanol–water partition coefficient (Wildman–Crippen LogP) is 3.07. The molecule has 17 heavy (non-hydrogen) atoms. The molecular weight excluding hydrogens is 212 g/mol. The molecule has 0 amide bonds. The summed E-state index contributed by atoms with van der Waals surface area (Å²) in [4.78, 5) is 4.70. The van der Waals surface area contributed by atoms with E-state index in [1.165, 1.54) is 0 Å². The fourth-order valence-corrected chi connectivity index (χ4v) is 2.44. The maximum atomic E-state index is 5.74. The number of hydrogen-bond donors (Lipinski definition) is 0. The van der Waals surface area contributed by atoms with Gasteiger partial charge in [0.15, 0.2) is 0 Å². The first kappa shape index (κ1) is 10.5. The molecule has 0 spiro atoms. The summed E-state index contributed by atoms with van der Waals surface area (Å²) < 4.78 is 7.94. The number of hydrogen-bond acceptors (Lipinski definition) is 2. The molecule has 1 fully saturated rings. The molecule has 0 saturated carbocycles. The number of fused-ring (bicyclic) bond motifs is 1. The predicted molar refractivity (Wildman–Crippen MR) is 67.9 cm³/mol. The van der Waals surface area contributed by atoms with Crippen LogP contribution < -0.4 is 0 Å². The Balaban J connectivity index is 2.14. The molecule has 3 nitrogen and oxygen atoms in total. The fourth-order valence-electron chi connectivity index (χ4n) is 2.44. The summed E-state index contributed by atoms with van der Waals surface area (Å²) in [6, 6.07) is 8.22.